The van der Waals surface area contributed by atoms with Gasteiger partial charge in [0.2, 0.25) is 0 Å². The van der Waals surface area contributed by atoms with Crippen LogP contribution in [0.2, 0.25) is 0 Å². The summed E-state index contributed by atoms with van der Waals surface area (Å²) >= 11 is 0. The van der Waals surface area contributed by atoms with Crippen LogP contribution in [0, 0.1) is 5.92 Å². The molecule has 0 saturated heterocycles. The van der Waals surface area contributed by atoms with Gasteiger partial charge < -0.3 is 15.6 Å². The summed E-state index contributed by atoms with van der Waals surface area (Å²) < 4.78 is 0. The molecule has 3 aromatic carbocycles. The molecule has 1 aromatic heterocycles. The predicted molar refractivity (Wildman–Crippen MR) is 130 cm³/mol. The second kappa shape index (κ2) is 7.78. The number of aromatic nitrogens is 1. The molecule has 0 radical (unpaired) electrons. The van der Waals surface area contributed by atoms with Crippen molar-refractivity contribution < 1.29 is 9.59 Å². The second-order valence-electron chi connectivity index (χ2n) is 8.63. The lowest BCUT2D eigenvalue weighted by atomic mass is 9.82. The molecule has 2 aliphatic rings. The Bertz CT molecular complexity index is 1420. The standard InChI is InChI=1S/C28H23N3O2/c32-25-12-6-11-23-26(25)27(20-16-29-21-10-5-4-9-19(20)21)31-22-14-13-18(15-24(22)30-23)28(33)17-7-2-1-3-8-17/h1-5,7-11,13-16,26-27,29-31H,6,12H2/t26-,27+/m0/s1. The predicted octanol–water partition coefficient (Wildman–Crippen LogP) is 5.84. The number of H-pyrrole nitrogens is 1. The van der Waals surface area contributed by atoms with Crippen LogP contribution >= 0.6 is 0 Å². The monoisotopic (exact) mass is 433 g/mol. The Balaban J connectivity index is 1.45. The Labute approximate surface area is 191 Å². The van der Waals surface area contributed by atoms with E-state index in [2.05, 4.69) is 27.8 Å². The first-order valence-electron chi connectivity index (χ1n) is 11.3. The van der Waals surface area contributed by atoms with E-state index in [4.69, 9.17) is 0 Å². The zero-order chi connectivity index (χ0) is 22.4. The first-order valence-corrected chi connectivity index (χ1v) is 11.3. The van der Waals surface area contributed by atoms with E-state index in [0.717, 1.165) is 40.0 Å². The molecule has 2 atom stereocenters. The Morgan fingerprint density at radius 1 is 0.879 bits per heavy atom. The van der Waals surface area contributed by atoms with Gasteiger partial charge in [-0.1, -0.05) is 54.6 Å². The summed E-state index contributed by atoms with van der Waals surface area (Å²) in [6.07, 6.45) is 5.37. The average Bonchev–Trinajstić information content (AvgIpc) is 3.20. The van der Waals surface area contributed by atoms with E-state index in [0.29, 0.717) is 17.5 Å². The van der Waals surface area contributed by atoms with Gasteiger partial charge >= 0.3 is 0 Å². The van der Waals surface area contributed by atoms with Crippen LogP contribution in [0.5, 0.6) is 0 Å². The van der Waals surface area contributed by atoms with Gasteiger partial charge in [-0.25, -0.2) is 0 Å². The van der Waals surface area contributed by atoms with Gasteiger partial charge in [0.25, 0.3) is 0 Å². The third-order valence-corrected chi connectivity index (χ3v) is 6.63. The van der Waals surface area contributed by atoms with E-state index in [-0.39, 0.29) is 23.5 Å². The molecule has 0 saturated carbocycles. The summed E-state index contributed by atoms with van der Waals surface area (Å²) in [5, 5.41) is 8.23. The molecule has 1 aliphatic carbocycles. The van der Waals surface area contributed by atoms with Crippen LogP contribution < -0.4 is 10.6 Å². The fourth-order valence-electron chi connectivity index (χ4n) is 5.01. The van der Waals surface area contributed by atoms with E-state index in [1.165, 1.54) is 0 Å². The number of rotatable bonds is 3. The van der Waals surface area contributed by atoms with Crippen molar-refractivity contribution in [1.82, 2.24) is 4.98 Å². The number of carbonyl (C=O) groups excluding carboxylic acids is 2. The molecule has 0 fully saturated rings. The lowest BCUT2D eigenvalue weighted by Crippen LogP contribution is -2.31. The fourth-order valence-corrected chi connectivity index (χ4v) is 5.01. The highest BCUT2D eigenvalue weighted by molar-refractivity contribution is 6.10. The van der Waals surface area contributed by atoms with Crippen LogP contribution in [-0.2, 0) is 4.79 Å². The van der Waals surface area contributed by atoms with E-state index in [1.807, 2.05) is 72.9 Å². The molecule has 162 valence electrons. The average molecular weight is 434 g/mol. The minimum atomic E-state index is -0.321. The molecule has 6 rings (SSSR count). The van der Waals surface area contributed by atoms with Crippen molar-refractivity contribution in [3.05, 3.63) is 107 Å². The molecule has 0 spiro atoms. The van der Waals surface area contributed by atoms with Crippen molar-refractivity contribution in [3.63, 3.8) is 0 Å². The lowest BCUT2D eigenvalue weighted by Gasteiger charge is -2.29. The summed E-state index contributed by atoms with van der Waals surface area (Å²) in [4.78, 5) is 29.5. The summed E-state index contributed by atoms with van der Waals surface area (Å²) in [5.41, 5.74) is 5.96. The van der Waals surface area contributed by atoms with Gasteiger partial charge in [-0.15, -0.1) is 0 Å². The van der Waals surface area contributed by atoms with Crippen molar-refractivity contribution in [2.75, 3.05) is 10.6 Å². The fraction of sp³-hybridized carbons (Fsp3) is 0.143. The Hall–Kier alpha value is -4.12. The van der Waals surface area contributed by atoms with Crippen LogP contribution in [0.4, 0.5) is 11.4 Å². The highest BCUT2D eigenvalue weighted by Gasteiger charge is 2.38. The number of nitrogens with one attached hydrogen (secondary N) is 3. The molecular weight excluding hydrogens is 410 g/mol. The van der Waals surface area contributed by atoms with Crippen molar-refractivity contribution in [2.24, 2.45) is 5.92 Å². The Morgan fingerprint density at radius 3 is 2.58 bits per heavy atom. The molecule has 1 aliphatic heterocycles. The molecule has 3 N–H and O–H groups in total. The molecule has 0 unspecified atom stereocenters. The molecule has 4 aromatic rings. The Kier molecular flexibility index (Phi) is 4.61. The summed E-state index contributed by atoms with van der Waals surface area (Å²) in [6.45, 7) is 0. The maximum Gasteiger partial charge on any atom is 0.193 e. The highest BCUT2D eigenvalue weighted by atomic mass is 16.1. The van der Waals surface area contributed by atoms with Crippen LogP contribution in [0.25, 0.3) is 10.9 Å². The van der Waals surface area contributed by atoms with Gasteiger partial charge in [0.15, 0.2) is 5.78 Å². The van der Waals surface area contributed by atoms with Crippen LogP contribution in [0.15, 0.2) is 90.8 Å². The summed E-state index contributed by atoms with van der Waals surface area (Å²) in [6, 6.07) is 22.9. The first kappa shape index (κ1) is 19.6. The maximum atomic E-state index is 13.1. The number of anilines is 2. The molecule has 33 heavy (non-hydrogen) atoms. The normalized spacial score (nSPS) is 19.5. The number of carbonyl (C=O) groups is 2. The number of Topliss-reactive ketones (excluding diaryl/α,β-unsaturated/α-hetero) is 1. The second-order valence-corrected chi connectivity index (χ2v) is 8.63. The third-order valence-electron chi connectivity index (χ3n) is 6.63. The number of ketones is 2. The highest BCUT2D eigenvalue weighted by Crippen LogP contribution is 2.43. The SMILES string of the molecule is O=C(c1ccccc1)c1ccc2c(c1)NC1=CCCC(=O)[C@H]1[C@@H](c1c[nH]c3ccccc13)N2. The largest absolute Gasteiger partial charge is 0.375 e. The van der Waals surface area contributed by atoms with Crippen LogP contribution in [-0.4, -0.2) is 16.6 Å². The van der Waals surface area contributed by atoms with Crippen LogP contribution in [0.3, 0.4) is 0 Å². The molecule has 0 bridgehead atoms. The molecule has 5 heteroatoms. The smallest absolute Gasteiger partial charge is 0.193 e. The van der Waals surface area contributed by atoms with Crippen molar-refractivity contribution in [3.8, 4) is 0 Å². The van der Waals surface area contributed by atoms with Gasteiger partial charge in [0, 0.05) is 45.9 Å². The number of fused-ring (bicyclic) bond motifs is 3. The number of allylic oxidation sites excluding steroid dienone is 1. The van der Waals surface area contributed by atoms with Gasteiger partial charge in [0.1, 0.15) is 5.78 Å². The van der Waals surface area contributed by atoms with Crippen molar-refractivity contribution in [1.29, 1.82) is 0 Å². The van der Waals surface area contributed by atoms with Crippen molar-refractivity contribution in [2.45, 2.75) is 18.9 Å². The van der Waals surface area contributed by atoms with Crippen molar-refractivity contribution >= 4 is 33.8 Å². The quantitative estimate of drug-likeness (QED) is 0.355. The summed E-state index contributed by atoms with van der Waals surface area (Å²) in [7, 11) is 0. The van der Waals surface area contributed by atoms with Gasteiger partial charge in [-0.05, 0) is 30.7 Å². The number of hydrogen-bond donors (Lipinski definition) is 3. The molecule has 5 nitrogen and oxygen atoms in total. The summed E-state index contributed by atoms with van der Waals surface area (Å²) in [5.74, 6) is -0.127. The van der Waals surface area contributed by atoms with Gasteiger partial charge in [-0.2, -0.15) is 0 Å². The first-order chi connectivity index (χ1) is 16.2. The number of hydrogen-bond acceptors (Lipinski definition) is 4. The zero-order valence-electron chi connectivity index (χ0n) is 18.0. The molecule has 0 amide bonds. The van der Waals surface area contributed by atoms with Crippen LogP contribution in [0.1, 0.15) is 40.4 Å². The lowest BCUT2D eigenvalue weighted by molar-refractivity contribution is -0.122. The van der Waals surface area contributed by atoms with Gasteiger partial charge in [-0.3, -0.25) is 9.59 Å². The third kappa shape index (κ3) is 3.33. The van der Waals surface area contributed by atoms with E-state index < -0.39 is 0 Å². The van der Waals surface area contributed by atoms with E-state index >= 15 is 0 Å². The zero-order valence-corrected chi connectivity index (χ0v) is 18.0. The maximum absolute atomic E-state index is 13.1. The van der Waals surface area contributed by atoms with E-state index in [1.54, 1.807) is 0 Å². The number of benzene rings is 3. The molecule has 2 heterocycles. The number of aromatic amines is 1. The topological polar surface area (TPSA) is 74.0 Å². The Morgan fingerprint density at radius 2 is 1.70 bits per heavy atom. The minimum Gasteiger partial charge on any atom is -0.375 e. The van der Waals surface area contributed by atoms with Gasteiger partial charge in [0.05, 0.1) is 23.3 Å². The molecular formula is C28H23N3O2. The minimum absolute atomic E-state index is 0.0251. The van der Waals surface area contributed by atoms with E-state index in [9.17, 15) is 9.59 Å². The number of para-hydroxylation sites is 1.